The van der Waals surface area contributed by atoms with Gasteiger partial charge in [0.05, 0.1) is 17.8 Å². The maximum absolute atomic E-state index is 12.2. The molecular weight excluding hydrogens is 242 g/mol. The Morgan fingerprint density at radius 1 is 1.32 bits per heavy atom. The number of ether oxygens (including phenoxy) is 2. The van der Waals surface area contributed by atoms with E-state index in [4.69, 9.17) is 15.2 Å². The number of nitrogens with two attached hydrogens (primary N) is 1. The van der Waals surface area contributed by atoms with Crippen LogP contribution >= 0.6 is 0 Å². The first-order valence-electron chi connectivity index (χ1n) is 6.68. The van der Waals surface area contributed by atoms with Crippen molar-refractivity contribution in [2.75, 3.05) is 5.73 Å². The zero-order chi connectivity index (χ0) is 14.0. The number of carbonyl (C=O) groups is 1. The molecular formula is C15H21NO3. The van der Waals surface area contributed by atoms with E-state index in [1.54, 1.807) is 12.1 Å². The first-order chi connectivity index (χ1) is 8.95. The minimum atomic E-state index is -0.340. The SMILES string of the molecule is Cc1ccc(N)c(C(=O)OC2CC(C)OC(C)C2)c1. The number of anilines is 1. The molecule has 1 aliphatic heterocycles. The Kier molecular flexibility index (Phi) is 4.10. The Morgan fingerprint density at radius 3 is 2.58 bits per heavy atom. The van der Waals surface area contributed by atoms with Crippen LogP contribution < -0.4 is 5.73 Å². The van der Waals surface area contributed by atoms with Gasteiger partial charge in [-0.1, -0.05) is 11.6 Å². The van der Waals surface area contributed by atoms with Crippen molar-refractivity contribution in [2.24, 2.45) is 0 Å². The van der Waals surface area contributed by atoms with Crippen LogP contribution in [-0.2, 0) is 9.47 Å². The molecule has 0 radical (unpaired) electrons. The molecule has 104 valence electrons. The molecule has 2 unspecified atom stereocenters. The largest absolute Gasteiger partial charge is 0.459 e. The highest BCUT2D eigenvalue weighted by Gasteiger charge is 2.28. The Morgan fingerprint density at radius 2 is 1.95 bits per heavy atom. The van der Waals surface area contributed by atoms with Crippen LogP contribution in [0, 0.1) is 6.92 Å². The lowest BCUT2D eigenvalue weighted by Gasteiger charge is -2.31. The quantitative estimate of drug-likeness (QED) is 0.658. The van der Waals surface area contributed by atoms with Crippen LogP contribution in [-0.4, -0.2) is 24.3 Å². The van der Waals surface area contributed by atoms with Gasteiger partial charge in [-0.2, -0.15) is 0 Å². The van der Waals surface area contributed by atoms with Crippen molar-refractivity contribution < 1.29 is 14.3 Å². The number of aryl methyl sites for hydroxylation is 1. The van der Waals surface area contributed by atoms with Crippen molar-refractivity contribution in [1.82, 2.24) is 0 Å². The van der Waals surface area contributed by atoms with Crippen LogP contribution in [0.25, 0.3) is 0 Å². The first kappa shape index (κ1) is 13.9. The van der Waals surface area contributed by atoms with E-state index in [9.17, 15) is 4.79 Å². The van der Waals surface area contributed by atoms with Gasteiger partial charge in [-0.25, -0.2) is 4.79 Å². The molecule has 1 saturated heterocycles. The minimum absolute atomic E-state index is 0.0915. The van der Waals surface area contributed by atoms with Crippen molar-refractivity contribution >= 4 is 11.7 Å². The summed E-state index contributed by atoms with van der Waals surface area (Å²) in [7, 11) is 0. The molecule has 19 heavy (non-hydrogen) atoms. The van der Waals surface area contributed by atoms with Gasteiger partial charge in [-0.15, -0.1) is 0 Å². The molecule has 2 rings (SSSR count). The molecule has 2 atom stereocenters. The number of esters is 1. The van der Waals surface area contributed by atoms with E-state index in [2.05, 4.69) is 0 Å². The molecule has 0 aromatic heterocycles. The maximum atomic E-state index is 12.2. The number of hydrogen-bond donors (Lipinski definition) is 1. The molecule has 1 heterocycles. The summed E-state index contributed by atoms with van der Waals surface area (Å²) in [6.07, 6.45) is 1.63. The van der Waals surface area contributed by atoms with Crippen molar-refractivity contribution in [3.8, 4) is 0 Å². The van der Waals surface area contributed by atoms with E-state index < -0.39 is 0 Å². The zero-order valence-electron chi connectivity index (χ0n) is 11.7. The highest BCUT2D eigenvalue weighted by atomic mass is 16.6. The molecule has 1 aromatic rings. The fourth-order valence-electron chi connectivity index (χ4n) is 2.50. The molecule has 0 aliphatic carbocycles. The molecule has 1 fully saturated rings. The van der Waals surface area contributed by atoms with Crippen molar-refractivity contribution in [3.63, 3.8) is 0 Å². The number of benzene rings is 1. The summed E-state index contributed by atoms with van der Waals surface area (Å²) in [5.74, 6) is -0.340. The Labute approximate surface area is 113 Å². The van der Waals surface area contributed by atoms with Crippen LogP contribution in [0.3, 0.4) is 0 Å². The van der Waals surface area contributed by atoms with Crippen LogP contribution in [0.4, 0.5) is 5.69 Å². The average Bonchev–Trinajstić information content (AvgIpc) is 2.30. The van der Waals surface area contributed by atoms with E-state index in [0.717, 1.165) is 18.4 Å². The smallest absolute Gasteiger partial charge is 0.340 e. The third-order valence-corrected chi connectivity index (χ3v) is 3.36. The van der Waals surface area contributed by atoms with Crippen LogP contribution in [0.5, 0.6) is 0 Å². The van der Waals surface area contributed by atoms with Crippen molar-refractivity contribution in [2.45, 2.75) is 51.9 Å². The monoisotopic (exact) mass is 263 g/mol. The number of nitrogen functional groups attached to an aromatic ring is 1. The minimum Gasteiger partial charge on any atom is -0.459 e. The van der Waals surface area contributed by atoms with E-state index >= 15 is 0 Å². The van der Waals surface area contributed by atoms with Gasteiger partial charge in [0.2, 0.25) is 0 Å². The van der Waals surface area contributed by atoms with Gasteiger partial charge in [0, 0.05) is 18.5 Å². The number of carbonyl (C=O) groups excluding carboxylic acids is 1. The van der Waals surface area contributed by atoms with Gasteiger partial charge in [0.25, 0.3) is 0 Å². The summed E-state index contributed by atoms with van der Waals surface area (Å²) in [5, 5.41) is 0. The van der Waals surface area contributed by atoms with Crippen LogP contribution in [0.2, 0.25) is 0 Å². The molecule has 4 nitrogen and oxygen atoms in total. The first-order valence-corrected chi connectivity index (χ1v) is 6.68. The lowest BCUT2D eigenvalue weighted by Crippen LogP contribution is -2.35. The summed E-state index contributed by atoms with van der Waals surface area (Å²) in [4.78, 5) is 12.2. The Hall–Kier alpha value is -1.55. The van der Waals surface area contributed by atoms with Gasteiger partial charge in [0.15, 0.2) is 0 Å². The molecule has 0 spiro atoms. The normalized spacial score (nSPS) is 27.0. The molecule has 0 bridgehead atoms. The zero-order valence-corrected chi connectivity index (χ0v) is 11.7. The molecule has 2 N–H and O–H groups in total. The predicted molar refractivity (Wildman–Crippen MR) is 74.0 cm³/mol. The molecule has 1 aromatic carbocycles. The number of rotatable bonds is 2. The summed E-state index contributed by atoms with van der Waals surface area (Å²) in [5.41, 5.74) is 7.73. The van der Waals surface area contributed by atoms with E-state index in [-0.39, 0.29) is 24.3 Å². The topological polar surface area (TPSA) is 61.6 Å². The Bertz CT molecular complexity index is 462. The lowest BCUT2D eigenvalue weighted by molar-refractivity contribution is -0.0855. The van der Waals surface area contributed by atoms with Crippen molar-refractivity contribution in [1.29, 1.82) is 0 Å². The Balaban J connectivity index is 2.06. The van der Waals surface area contributed by atoms with Gasteiger partial charge >= 0.3 is 5.97 Å². The van der Waals surface area contributed by atoms with Crippen LogP contribution in [0.1, 0.15) is 42.6 Å². The molecule has 1 aliphatic rings. The summed E-state index contributed by atoms with van der Waals surface area (Å²) >= 11 is 0. The fourth-order valence-corrected chi connectivity index (χ4v) is 2.50. The standard InChI is InChI=1S/C15H21NO3/c1-9-4-5-14(16)13(6-9)15(17)19-12-7-10(2)18-11(3)8-12/h4-6,10-12H,7-8,16H2,1-3H3. The summed E-state index contributed by atoms with van der Waals surface area (Å²) < 4.78 is 11.2. The third-order valence-electron chi connectivity index (χ3n) is 3.36. The van der Waals surface area contributed by atoms with E-state index in [0.29, 0.717) is 11.3 Å². The summed E-state index contributed by atoms with van der Waals surface area (Å²) in [6, 6.07) is 5.38. The molecule has 4 heteroatoms. The third kappa shape index (κ3) is 3.47. The van der Waals surface area contributed by atoms with E-state index in [1.165, 1.54) is 0 Å². The highest BCUT2D eigenvalue weighted by molar-refractivity contribution is 5.95. The highest BCUT2D eigenvalue weighted by Crippen LogP contribution is 2.24. The fraction of sp³-hybridized carbons (Fsp3) is 0.533. The second-order valence-corrected chi connectivity index (χ2v) is 5.35. The molecule has 0 amide bonds. The van der Waals surface area contributed by atoms with Gasteiger partial charge in [0.1, 0.15) is 6.10 Å². The van der Waals surface area contributed by atoms with Gasteiger partial charge < -0.3 is 15.2 Å². The van der Waals surface area contributed by atoms with E-state index in [1.807, 2.05) is 26.8 Å². The van der Waals surface area contributed by atoms with Gasteiger partial charge in [-0.05, 0) is 32.9 Å². The lowest BCUT2D eigenvalue weighted by atomic mass is 10.0. The second kappa shape index (κ2) is 5.61. The predicted octanol–water partition coefficient (Wildman–Crippen LogP) is 2.69. The summed E-state index contributed by atoms with van der Waals surface area (Å²) in [6.45, 7) is 5.92. The number of hydrogen-bond acceptors (Lipinski definition) is 4. The van der Waals surface area contributed by atoms with Gasteiger partial charge in [-0.3, -0.25) is 0 Å². The molecule has 0 saturated carbocycles. The van der Waals surface area contributed by atoms with Crippen LogP contribution in [0.15, 0.2) is 18.2 Å². The maximum Gasteiger partial charge on any atom is 0.340 e. The van der Waals surface area contributed by atoms with Crippen molar-refractivity contribution in [3.05, 3.63) is 29.3 Å². The average molecular weight is 263 g/mol. The second-order valence-electron chi connectivity index (χ2n) is 5.35.